The third kappa shape index (κ3) is 4.11. The molecule has 0 spiro atoms. The highest BCUT2D eigenvalue weighted by Gasteiger charge is 2.41. The lowest BCUT2D eigenvalue weighted by molar-refractivity contribution is -0.141. The van der Waals surface area contributed by atoms with Crippen LogP contribution in [0.3, 0.4) is 0 Å². The van der Waals surface area contributed by atoms with E-state index in [0.717, 1.165) is 24.6 Å². The number of alkyl halides is 3. The summed E-state index contributed by atoms with van der Waals surface area (Å²) in [6.07, 6.45) is -2.85. The van der Waals surface area contributed by atoms with Crippen LogP contribution in [0, 0.1) is 0 Å². The Balaban J connectivity index is 1.45. The Bertz CT molecular complexity index is 1160. The quantitative estimate of drug-likeness (QED) is 0.536. The van der Waals surface area contributed by atoms with Gasteiger partial charge in [-0.15, -0.1) is 0 Å². The fourth-order valence-electron chi connectivity index (χ4n) is 3.06. The highest BCUT2D eigenvalue weighted by Crippen LogP contribution is 2.46. The van der Waals surface area contributed by atoms with E-state index < -0.39 is 21.9 Å². The van der Waals surface area contributed by atoms with E-state index >= 15 is 0 Å². The maximum atomic E-state index is 13.1. The zero-order valence-corrected chi connectivity index (χ0v) is 17.2. The summed E-state index contributed by atoms with van der Waals surface area (Å²) in [5, 5.41) is 3.28. The molecular weight excluding hydrogens is 451 g/mol. The molecule has 1 aliphatic rings. The van der Waals surface area contributed by atoms with Gasteiger partial charge in [-0.2, -0.15) is 27.0 Å². The van der Waals surface area contributed by atoms with E-state index in [2.05, 4.69) is 18.6 Å². The molecule has 13 heteroatoms. The second-order valence-electron chi connectivity index (χ2n) is 6.68. The van der Waals surface area contributed by atoms with Crippen LogP contribution < -0.4 is 4.72 Å². The van der Waals surface area contributed by atoms with Crippen molar-refractivity contribution in [1.82, 2.24) is 23.2 Å². The van der Waals surface area contributed by atoms with Crippen molar-refractivity contribution < 1.29 is 21.6 Å². The van der Waals surface area contributed by atoms with Crippen LogP contribution in [0.1, 0.15) is 36.6 Å². The first-order chi connectivity index (χ1) is 13.7. The average Bonchev–Trinajstić information content (AvgIpc) is 3.24. The summed E-state index contributed by atoms with van der Waals surface area (Å²) in [4.78, 5) is 0.0175. The number of rotatable bonds is 7. The molecule has 0 atom stereocenters. The summed E-state index contributed by atoms with van der Waals surface area (Å²) in [7, 11) is -3.83. The van der Waals surface area contributed by atoms with E-state index in [1.807, 2.05) is 0 Å². The molecule has 2 heterocycles. The smallest absolute Gasteiger partial charge is 0.267 e. The number of aromatic nitrogens is 4. The summed E-state index contributed by atoms with van der Waals surface area (Å²) in [6.45, 7) is 0.145. The van der Waals surface area contributed by atoms with Crippen LogP contribution in [-0.4, -0.2) is 33.5 Å². The van der Waals surface area contributed by atoms with Gasteiger partial charge >= 0.3 is 6.18 Å². The van der Waals surface area contributed by atoms with Crippen molar-refractivity contribution in [3.8, 4) is 0 Å². The molecule has 156 valence electrons. The van der Waals surface area contributed by atoms with Crippen LogP contribution in [0.5, 0.6) is 0 Å². The fraction of sp³-hybridized carbons (Fsp3) is 0.438. The number of fused-ring (bicyclic) bond motifs is 1. The Hall–Kier alpha value is -1.76. The first-order valence-electron chi connectivity index (χ1n) is 8.73. The maximum absolute atomic E-state index is 13.1. The molecule has 1 N–H and O–H groups in total. The topological polar surface area (TPSA) is 89.8 Å². The second kappa shape index (κ2) is 7.49. The molecule has 0 bridgehead atoms. The zero-order chi connectivity index (χ0) is 20.8. The van der Waals surface area contributed by atoms with Crippen LogP contribution in [0.25, 0.3) is 11.0 Å². The van der Waals surface area contributed by atoms with Gasteiger partial charge in [0.05, 0.1) is 22.4 Å². The number of aryl methyl sites for hydroxylation is 1. The van der Waals surface area contributed by atoms with Gasteiger partial charge in [-0.25, -0.2) is 13.1 Å². The van der Waals surface area contributed by atoms with Crippen LogP contribution in [0.4, 0.5) is 13.2 Å². The van der Waals surface area contributed by atoms with E-state index in [1.54, 1.807) is 12.1 Å². The van der Waals surface area contributed by atoms with Crippen molar-refractivity contribution in [2.24, 2.45) is 0 Å². The number of halogens is 4. The molecule has 0 unspecified atom stereocenters. The Morgan fingerprint density at radius 1 is 1.28 bits per heavy atom. The predicted molar refractivity (Wildman–Crippen MR) is 101 cm³/mol. The van der Waals surface area contributed by atoms with E-state index in [1.165, 1.54) is 10.7 Å². The Labute approximate surface area is 173 Å². The van der Waals surface area contributed by atoms with E-state index in [-0.39, 0.29) is 40.9 Å². The molecule has 2 aromatic heterocycles. The summed E-state index contributed by atoms with van der Waals surface area (Å²) >= 11 is 6.85. The summed E-state index contributed by atoms with van der Waals surface area (Å²) in [5.74, 6) is -0.0300. The first-order valence-corrected chi connectivity index (χ1v) is 11.3. The van der Waals surface area contributed by atoms with Crippen molar-refractivity contribution in [3.63, 3.8) is 0 Å². The first kappa shape index (κ1) is 20.5. The van der Waals surface area contributed by atoms with Gasteiger partial charge in [-0.05, 0) is 31.4 Å². The molecule has 29 heavy (non-hydrogen) atoms. The normalized spacial score (nSPS) is 15.3. The van der Waals surface area contributed by atoms with Crippen molar-refractivity contribution in [2.45, 2.75) is 42.8 Å². The zero-order valence-electron chi connectivity index (χ0n) is 14.8. The van der Waals surface area contributed by atoms with Crippen LogP contribution >= 0.6 is 23.3 Å². The van der Waals surface area contributed by atoms with Crippen molar-refractivity contribution in [1.29, 1.82) is 0 Å². The van der Waals surface area contributed by atoms with Gasteiger partial charge in [-0.1, -0.05) is 17.7 Å². The SMILES string of the molecule is O=S(=O)(NCCCn1nc(C(F)(F)F)c(Cl)c1C1CC1)c1cccc2nsnc12. The molecule has 0 saturated heterocycles. The fourth-order valence-corrected chi connectivity index (χ4v) is 5.30. The van der Waals surface area contributed by atoms with E-state index in [0.29, 0.717) is 11.2 Å². The highest BCUT2D eigenvalue weighted by atomic mass is 35.5. The molecule has 0 radical (unpaired) electrons. The molecule has 0 amide bonds. The third-order valence-electron chi connectivity index (χ3n) is 4.54. The molecule has 1 saturated carbocycles. The standard InChI is InChI=1S/C16H15ClF3N5O2S2/c17-12-14(9-5-6-9)25(22-15(12)16(18,19)20)8-2-7-21-29(26,27)11-4-1-3-10-13(11)24-28-23-10/h1,3-4,9,21H,2,5-8H2. The minimum Gasteiger partial charge on any atom is -0.267 e. The minimum absolute atomic E-state index is 0.0175. The summed E-state index contributed by atoms with van der Waals surface area (Å²) < 4.78 is 76.2. The van der Waals surface area contributed by atoms with Gasteiger partial charge in [0.2, 0.25) is 10.0 Å². The lowest BCUT2D eigenvalue weighted by Crippen LogP contribution is -2.26. The van der Waals surface area contributed by atoms with Gasteiger partial charge in [0.1, 0.15) is 15.9 Å². The van der Waals surface area contributed by atoms with Gasteiger partial charge < -0.3 is 0 Å². The van der Waals surface area contributed by atoms with Crippen molar-refractivity contribution in [2.75, 3.05) is 6.54 Å². The van der Waals surface area contributed by atoms with Gasteiger partial charge in [-0.3, -0.25) is 4.68 Å². The lowest BCUT2D eigenvalue weighted by Gasteiger charge is -2.09. The summed E-state index contributed by atoms with van der Waals surface area (Å²) in [6, 6.07) is 4.67. The van der Waals surface area contributed by atoms with Crippen LogP contribution in [-0.2, 0) is 22.7 Å². The minimum atomic E-state index is -4.63. The number of hydrogen-bond donors (Lipinski definition) is 1. The maximum Gasteiger partial charge on any atom is 0.436 e. The number of benzene rings is 1. The second-order valence-corrected chi connectivity index (χ2v) is 9.32. The Morgan fingerprint density at radius 3 is 2.72 bits per heavy atom. The third-order valence-corrected chi connectivity index (χ3v) is 6.95. The van der Waals surface area contributed by atoms with Crippen LogP contribution in [0.2, 0.25) is 5.02 Å². The number of nitrogens with one attached hydrogen (secondary N) is 1. The monoisotopic (exact) mass is 465 g/mol. The van der Waals surface area contributed by atoms with Gasteiger partial charge in [0, 0.05) is 19.0 Å². The average molecular weight is 466 g/mol. The molecule has 4 rings (SSSR count). The number of nitrogens with zero attached hydrogens (tertiary/aromatic N) is 4. The predicted octanol–water partition coefficient (Wildman–Crippen LogP) is 3.81. The van der Waals surface area contributed by atoms with Gasteiger partial charge in [0.25, 0.3) is 0 Å². The van der Waals surface area contributed by atoms with Crippen LogP contribution in [0.15, 0.2) is 23.1 Å². The molecule has 1 aromatic carbocycles. The number of hydrogen-bond acceptors (Lipinski definition) is 6. The lowest BCUT2D eigenvalue weighted by atomic mass is 10.2. The molecule has 1 aliphatic carbocycles. The molecule has 0 aliphatic heterocycles. The largest absolute Gasteiger partial charge is 0.436 e. The summed E-state index contributed by atoms with van der Waals surface area (Å²) in [5.41, 5.74) is 0.0528. The Kier molecular flexibility index (Phi) is 5.30. The molecule has 7 nitrogen and oxygen atoms in total. The highest BCUT2D eigenvalue weighted by molar-refractivity contribution is 7.89. The molecular formula is C16H15ClF3N5O2S2. The molecule has 1 fully saturated rings. The van der Waals surface area contributed by atoms with Crippen molar-refractivity contribution >= 4 is 44.4 Å². The van der Waals surface area contributed by atoms with Gasteiger partial charge in [0.15, 0.2) is 5.69 Å². The van der Waals surface area contributed by atoms with E-state index in [4.69, 9.17) is 11.6 Å². The Morgan fingerprint density at radius 2 is 2.03 bits per heavy atom. The number of sulfonamides is 1. The van der Waals surface area contributed by atoms with E-state index in [9.17, 15) is 21.6 Å². The molecule has 3 aromatic rings. The van der Waals surface area contributed by atoms with Crippen molar-refractivity contribution in [3.05, 3.63) is 34.6 Å².